The van der Waals surface area contributed by atoms with Crippen molar-refractivity contribution in [3.63, 3.8) is 0 Å². The van der Waals surface area contributed by atoms with Crippen molar-refractivity contribution in [3.8, 4) is 0 Å². The van der Waals surface area contributed by atoms with E-state index in [1.807, 2.05) is 0 Å². The Balaban J connectivity index is 2.17. The number of thiazole rings is 1. The molecule has 0 bridgehead atoms. The number of furan rings is 1. The van der Waals surface area contributed by atoms with Crippen LogP contribution in [0.2, 0.25) is 0 Å². The minimum Gasteiger partial charge on any atom is -0.478 e. The molecule has 0 atom stereocenters. The van der Waals surface area contributed by atoms with Gasteiger partial charge in [0.2, 0.25) is 0 Å². The number of aromatic nitrogens is 1. The van der Waals surface area contributed by atoms with E-state index in [2.05, 4.69) is 9.71 Å². The lowest BCUT2D eigenvalue weighted by Crippen LogP contribution is -2.22. The molecular weight excluding hydrogens is 316 g/mol. The van der Waals surface area contributed by atoms with Gasteiger partial charge in [-0.2, -0.15) is 0 Å². The van der Waals surface area contributed by atoms with Crippen LogP contribution in [0.4, 0.5) is 0 Å². The number of nitrogens with zero attached hydrogens (tertiary/aromatic N) is 1. The molecule has 2 aromatic heterocycles. The smallest absolute Gasteiger partial charge is 0.339 e. The van der Waals surface area contributed by atoms with E-state index in [1.165, 1.54) is 13.0 Å². The average Bonchev–Trinajstić information content (AvgIpc) is 2.90. The van der Waals surface area contributed by atoms with E-state index >= 15 is 0 Å². The van der Waals surface area contributed by atoms with E-state index < -0.39 is 16.0 Å². The highest BCUT2D eigenvalue weighted by Gasteiger charge is 2.22. The van der Waals surface area contributed by atoms with Gasteiger partial charge < -0.3 is 9.52 Å². The molecule has 2 rings (SSSR count). The van der Waals surface area contributed by atoms with Crippen molar-refractivity contribution in [2.75, 3.05) is 0 Å². The first-order valence-electron chi connectivity index (χ1n) is 5.97. The van der Waals surface area contributed by atoms with E-state index in [0.717, 1.165) is 11.3 Å². The number of hydrogen-bond acceptors (Lipinski definition) is 6. The van der Waals surface area contributed by atoms with Crippen molar-refractivity contribution < 1.29 is 22.7 Å². The number of carbonyl (C=O) groups is 1. The minimum atomic E-state index is -3.69. The molecule has 0 aliphatic heterocycles. The number of sulfonamides is 1. The highest BCUT2D eigenvalue weighted by molar-refractivity contribution is 7.91. The van der Waals surface area contributed by atoms with E-state index in [-0.39, 0.29) is 27.8 Å². The molecule has 7 nitrogen and oxygen atoms in total. The van der Waals surface area contributed by atoms with Gasteiger partial charge in [-0.1, -0.05) is 0 Å². The van der Waals surface area contributed by atoms with E-state index in [0.29, 0.717) is 10.7 Å². The molecule has 2 aromatic rings. The molecule has 0 saturated carbocycles. The molecule has 0 radical (unpaired) electrons. The largest absolute Gasteiger partial charge is 0.478 e. The maximum absolute atomic E-state index is 12.2. The number of carboxylic acids is 1. The lowest BCUT2D eigenvalue weighted by Gasteiger charge is -2.03. The van der Waals surface area contributed by atoms with Crippen LogP contribution in [-0.2, 0) is 16.6 Å². The lowest BCUT2D eigenvalue weighted by molar-refractivity contribution is 0.0695. The third-order valence-corrected chi connectivity index (χ3v) is 5.82. The number of rotatable bonds is 5. The van der Waals surface area contributed by atoms with Gasteiger partial charge in [0.1, 0.15) is 17.1 Å². The monoisotopic (exact) mass is 330 g/mol. The minimum absolute atomic E-state index is 0.0222. The molecule has 0 spiro atoms. The second-order valence-corrected chi connectivity index (χ2v) is 7.58. The molecule has 0 aromatic carbocycles. The van der Waals surface area contributed by atoms with Gasteiger partial charge in [0.05, 0.1) is 17.2 Å². The van der Waals surface area contributed by atoms with Crippen molar-refractivity contribution in [3.05, 3.63) is 33.9 Å². The first-order chi connectivity index (χ1) is 9.70. The van der Waals surface area contributed by atoms with Gasteiger partial charge in [-0.25, -0.2) is 22.9 Å². The summed E-state index contributed by atoms with van der Waals surface area (Å²) in [7, 11) is -3.69. The zero-order valence-electron chi connectivity index (χ0n) is 11.6. The fourth-order valence-corrected chi connectivity index (χ4v) is 4.36. The zero-order valence-corrected chi connectivity index (χ0v) is 13.3. The summed E-state index contributed by atoms with van der Waals surface area (Å²) in [5.74, 6) is -0.631. The second-order valence-electron chi connectivity index (χ2n) is 4.42. The van der Waals surface area contributed by atoms with Gasteiger partial charge in [-0.3, -0.25) is 0 Å². The number of aryl methyl sites for hydroxylation is 3. The molecule has 2 heterocycles. The van der Waals surface area contributed by atoms with E-state index in [4.69, 9.17) is 9.52 Å². The SMILES string of the molecule is Cc1nc(C)c(S(=O)(=O)NCc2cc(C(=O)O)c(C)o2)s1. The van der Waals surface area contributed by atoms with Gasteiger partial charge in [-0.05, 0) is 26.8 Å². The highest BCUT2D eigenvalue weighted by Crippen LogP contribution is 2.23. The van der Waals surface area contributed by atoms with Crippen LogP contribution in [0, 0.1) is 20.8 Å². The van der Waals surface area contributed by atoms with Crippen molar-refractivity contribution in [1.29, 1.82) is 0 Å². The third kappa shape index (κ3) is 3.31. The standard InChI is InChI=1S/C12H14N2O5S2/c1-6-12(20-8(3)14-6)21(17,18)13-5-9-4-10(11(15)16)7(2)19-9/h4,13H,5H2,1-3H3,(H,15,16). The summed E-state index contributed by atoms with van der Waals surface area (Å²) in [6.45, 7) is 4.74. The first kappa shape index (κ1) is 15.7. The fraction of sp³-hybridized carbons (Fsp3) is 0.333. The zero-order chi connectivity index (χ0) is 15.8. The third-order valence-electron chi connectivity index (χ3n) is 2.74. The summed E-state index contributed by atoms with van der Waals surface area (Å²) in [6.07, 6.45) is 0. The van der Waals surface area contributed by atoms with Crippen LogP contribution in [0.15, 0.2) is 14.7 Å². The summed E-state index contributed by atoms with van der Waals surface area (Å²) in [4.78, 5) is 15.0. The number of nitrogens with one attached hydrogen (secondary N) is 1. The number of carboxylic acid groups (broad SMARTS) is 1. The van der Waals surface area contributed by atoms with Crippen LogP contribution in [0.25, 0.3) is 0 Å². The van der Waals surface area contributed by atoms with Gasteiger partial charge in [-0.15, -0.1) is 11.3 Å². The molecule has 0 aliphatic carbocycles. The van der Waals surface area contributed by atoms with Gasteiger partial charge in [0.15, 0.2) is 4.21 Å². The van der Waals surface area contributed by atoms with Gasteiger partial charge >= 0.3 is 5.97 Å². The molecule has 0 unspecified atom stereocenters. The van der Waals surface area contributed by atoms with Crippen molar-refractivity contribution in [1.82, 2.24) is 9.71 Å². The van der Waals surface area contributed by atoms with Gasteiger partial charge in [0.25, 0.3) is 10.0 Å². The molecular formula is C12H14N2O5S2. The van der Waals surface area contributed by atoms with Crippen LogP contribution in [0.1, 0.15) is 32.6 Å². The van der Waals surface area contributed by atoms with Crippen molar-refractivity contribution >= 4 is 27.3 Å². The Bertz CT molecular complexity index is 789. The molecule has 0 amide bonds. The van der Waals surface area contributed by atoms with Crippen LogP contribution in [0.3, 0.4) is 0 Å². The Morgan fingerprint density at radius 1 is 1.43 bits per heavy atom. The topological polar surface area (TPSA) is 110 Å². The van der Waals surface area contributed by atoms with Gasteiger partial charge in [0, 0.05) is 0 Å². The number of hydrogen-bond donors (Lipinski definition) is 2. The van der Waals surface area contributed by atoms with Crippen LogP contribution < -0.4 is 4.72 Å². The normalized spacial score (nSPS) is 11.8. The maximum Gasteiger partial charge on any atom is 0.339 e. The van der Waals surface area contributed by atoms with Crippen molar-refractivity contribution in [2.24, 2.45) is 0 Å². The fourth-order valence-electron chi connectivity index (χ4n) is 1.84. The Morgan fingerprint density at radius 2 is 2.10 bits per heavy atom. The van der Waals surface area contributed by atoms with E-state index in [9.17, 15) is 13.2 Å². The number of aromatic carboxylic acids is 1. The molecule has 0 aliphatic rings. The predicted molar refractivity (Wildman–Crippen MR) is 76.0 cm³/mol. The Hall–Kier alpha value is -1.71. The van der Waals surface area contributed by atoms with Crippen molar-refractivity contribution in [2.45, 2.75) is 31.5 Å². The highest BCUT2D eigenvalue weighted by atomic mass is 32.2. The Labute approximate surface area is 125 Å². The predicted octanol–water partition coefficient (Wildman–Crippen LogP) is 1.84. The summed E-state index contributed by atoms with van der Waals surface area (Å²) in [6, 6.07) is 1.31. The summed E-state index contributed by atoms with van der Waals surface area (Å²) >= 11 is 1.08. The van der Waals surface area contributed by atoms with E-state index in [1.54, 1.807) is 13.8 Å². The molecule has 114 valence electrons. The molecule has 9 heteroatoms. The Morgan fingerprint density at radius 3 is 2.57 bits per heavy atom. The average molecular weight is 330 g/mol. The maximum atomic E-state index is 12.2. The lowest BCUT2D eigenvalue weighted by atomic mass is 10.2. The van der Waals surface area contributed by atoms with Crippen LogP contribution in [0.5, 0.6) is 0 Å². The molecule has 0 fully saturated rings. The summed E-state index contributed by atoms with van der Waals surface area (Å²) in [5.41, 5.74) is 0.459. The Kier molecular flexibility index (Phi) is 4.17. The molecule has 21 heavy (non-hydrogen) atoms. The quantitative estimate of drug-likeness (QED) is 0.865. The molecule has 2 N–H and O–H groups in total. The van der Waals surface area contributed by atoms with Crippen LogP contribution >= 0.6 is 11.3 Å². The molecule has 0 saturated heterocycles. The second kappa shape index (κ2) is 5.58. The van der Waals surface area contributed by atoms with Crippen LogP contribution in [-0.4, -0.2) is 24.5 Å². The summed E-state index contributed by atoms with van der Waals surface area (Å²) in [5, 5.41) is 9.58. The first-order valence-corrected chi connectivity index (χ1v) is 8.27. The summed E-state index contributed by atoms with van der Waals surface area (Å²) < 4.78 is 32.1.